The van der Waals surface area contributed by atoms with Crippen molar-refractivity contribution in [3.8, 4) is 0 Å². The molecule has 2 nitrogen and oxygen atoms in total. The first-order valence-corrected chi connectivity index (χ1v) is 3.61. The topological polar surface area (TPSA) is 38.4 Å². The molecule has 0 saturated heterocycles. The third-order valence-corrected chi connectivity index (χ3v) is 1.67. The smallest absolute Gasteiger partial charge is 0.0682 e. The number of hydrogen-bond donors (Lipinski definition) is 1. The predicted molar refractivity (Wildman–Crippen MR) is 48.6 cm³/mol. The van der Waals surface area contributed by atoms with Crippen LogP contribution in [0.3, 0.4) is 0 Å². The van der Waals surface area contributed by atoms with E-state index in [4.69, 9.17) is 17.3 Å². The summed E-state index contributed by atoms with van der Waals surface area (Å²) in [7, 11) is 0. The van der Waals surface area contributed by atoms with Crippen LogP contribution < -0.4 is 5.73 Å². The van der Waals surface area contributed by atoms with Gasteiger partial charge in [-0.2, -0.15) is 0 Å². The number of halogens is 1. The van der Waals surface area contributed by atoms with Crippen LogP contribution in [0.25, 0.3) is 0 Å². The Morgan fingerprint density at radius 2 is 2.27 bits per heavy atom. The highest BCUT2D eigenvalue weighted by Crippen LogP contribution is 2.22. The molecule has 1 aromatic carbocycles. The maximum absolute atomic E-state index is 5.72. The minimum Gasteiger partial charge on any atom is -0.326 e. The maximum atomic E-state index is 5.72. The van der Waals surface area contributed by atoms with Gasteiger partial charge in [-0.25, -0.2) is 0 Å². The Morgan fingerprint density at radius 3 is 2.82 bits per heavy atom. The molecule has 0 fully saturated rings. The normalized spacial score (nSPS) is 9.64. The summed E-state index contributed by atoms with van der Waals surface area (Å²) in [6.45, 7) is 3.88. The van der Waals surface area contributed by atoms with Crippen LogP contribution >= 0.6 is 11.6 Å². The van der Waals surface area contributed by atoms with Gasteiger partial charge in [-0.3, -0.25) is 4.99 Å². The lowest BCUT2D eigenvalue weighted by atomic mass is 10.2. The molecular formula is C8H9ClN2. The molecule has 0 bridgehead atoms. The lowest BCUT2D eigenvalue weighted by molar-refractivity contribution is 1.07. The van der Waals surface area contributed by atoms with Gasteiger partial charge in [0.1, 0.15) is 0 Å². The van der Waals surface area contributed by atoms with Crippen LogP contribution in [0.1, 0.15) is 5.56 Å². The second-order valence-corrected chi connectivity index (χ2v) is 2.57. The summed E-state index contributed by atoms with van der Waals surface area (Å²) in [4.78, 5) is 3.79. The molecule has 1 aromatic rings. The molecule has 0 aromatic heterocycles. The SMILES string of the molecule is C=Nc1cc(Cl)ccc1CN. The second kappa shape index (κ2) is 3.51. The van der Waals surface area contributed by atoms with E-state index < -0.39 is 0 Å². The molecule has 3 heteroatoms. The monoisotopic (exact) mass is 168 g/mol. The van der Waals surface area contributed by atoms with E-state index in [0.717, 1.165) is 11.3 Å². The minimum absolute atomic E-state index is 0.464. The Hall–Kier alpha value is -0.860. The van der Waals surface area contributed by atoms with E-state index in [1.54, 1.807) is 12.1 Å². The van der Waals surface area contributed by atoms with Crippen molar-refractivity contribution in [1.29, 1.82) is 0 Å². The van der Waals surface area contributed by atoms with Gasteiger partial charge in [-0.1, -0.05) is 17.7 Å². The average molecular weight is 169 g/mol. The van der Waals surface area contributed by atoms with Gasteiger partial charge in [-0.15, -0.1) is 0 Å². The Balaban J connectivity index is 3.16. The number of nitrogens with two attached hydrogens (primary N) is 1. The van der Waals surface area contributed by atoms with Gasteiger partial charge < -0.3 is 5.73 Å². The molecule has 0 saturated carbocycles. The summed E-state index contributed by atoms with van der Waals surface area (Å²) >= 11 is 5.72. The molecule has 11 heavy (non-hydrogen) atoms. The van der Waals surface area contributed by atoms with Crippen molar-refractivity contribution in [2.45, 2.75) is 6.54 Å². The minimum atomic E-state index is 0.464. The average Bonchev–Trinajstić information content (AvgIpc) is 2.04. The van der Waals surface area contributed by atoms with Gasteiger partial charge >= 0.3 is 0 Å². The maximum Gasteiger partial charge on any atom is 0.0682 e. The summed E-state index contributed by atoms with van der Waals surface area (Å²) in [5, 5.41) is 0.657. The van der Waals surface area contributed by atoms with Gasteiger partial charge in [0, 0.05) is 11.6 Å². The van der Waals surface area contributed by atoms with Crippen LogP contribution in [0.4, 0.5) is 5.69 Å². The van der Waals surface area contributed by atoms with Gasteiger partial charge in [-0.05, 0) is 24.4 Å². The molecule has 0 heterocycles. The van der Waals surface area contributed by atoms with Crippen molar-refractivity contribution in [2.24, 2.45) is 10.7 Å². The zero-order valence-electron chi connectivity index (χ0n) is 6.05. The Bertz CT molecular complexity index is 271. The predicted octanol–water partition coefficient (Wildman–Crippen LogP) is 2.13. The molecular weight excluding hydrogens is 160 g/mol. The molecule has 0 radical (unpaired) electrons. The van der Waals surface area contributed by atoms with Crippen LogP contribution in [-0.4, -0.2) is 6.72 Å². The summed E-state index contributed by atoms with van der Waals surface area (Å²) < 4.78 is 0. The van der Waals surface area contributed by atoms with Crippen LogP contribution in [0.5, 0.6) is 0 Å². The summed E-state index contributed by atoms with van der Waals surface area (Å²) in [6, 6.07) is 5.39. The number of aliphatic imine (C=N–C) groups is 1. The number of rotatable bonds is 2. The van der Waals surface area contributed by atoms with Crippen LogP contribution in [0.2, 0.25) is 5.02 Å². The first kappa shape index (κ1) is 8.24. The number of hydrogen-bond acceptors (Lipinski definition) is 2. The van der Waals surface area contributed by atoms with Crippen molar-refractivity contribution < 1.29 is 0 Å². The van der Waals surface area contributed by atoms with Gasteiger partial charge in [0.05, 0.1) is 5.69 Å². The molecule has 1 rings (SSSR count). The molecule has 0 amide bonds. The first-order valence-electron chi connectivity index (χ1n) is 3.23. The Kier molecular flexibility index (Phi) is 2.63. The lowest BCUT2D eigenvalue weighted by Crippen LogP contribution is -1.95. The van der Waals surface area contributed by atoms with Gasteiger partial charge in [0.15, 0.2) is 0 Å². The lowest BCUT2D eigenvalue weighted by Gasteiger charge is -2.01. The fourth-order valence-corrected chi connectivity index (χ4v) is 1.02. The summed E-state index contributed by atoms with van der Waals surface area (Å²) in [6.07, 6.45) is 0. The molecule has 58 valence electrons. The standard InChI is InChI=1S/C8H9ClN2/c1-11-8-4-7(9)3-2-6(8)5-10/h2-4H,1,5,10H2. The molecule has 0 aliphatic heterocycles. The van der Waals surface area contributed by atoms with Gasteiger partial charge in [0.2, 0.25) is 0 Å². The van der Waals surface area contributed by atoms with Crippen molar-refractivity contribution >= 4 is 24.0 Å². The summed E-state index contributed by atoms with van der Waals surface area (Å²) in [5.74, 6) is 0. The van der Waals surface area contributed by atoms with Gasteiger partial charge in [0.25, 0.3) is 0 Å². The highest BCUT2D eigenvalue weighted by molar-refractivity contribution is 6.30. The fraction of sp³-hybridized carbons (Fsp3) is 0.125. The van der Waals surface area contributed by atoms with Crippen molar-refractivity contribution in [1.82, 2.24) is 0 Å². The zero-order chi connectivity index (χ0) is 8.27. The van der Waals surface area contributed by atoms with E-state index in [1.165, 1.54) is 0 Å². The van der Waals surface area contributed by atoms with Crippen LogP contribution in [-0.2, 0) is 6.54 Å². The third-order valence-electron chi connectivity index (χ3n) is 1.44. The van der Waals surface area contributed by atoms with Crippen LogP contribution in [0, 0.1) is 0 Å². The molecule has 2 N–H and O–H groups in total. The molecule has 0 unspecified atom stereocenters. The molecule has 0 aliphatic carbocycles. The number of benzene rings is 1. The van der Waals surface area contributed by atoms with E-state index >= 15 is 0 Å². The van der Waals surface area contributed by atoms with E-state index in [9.17, 15) is 0 Å². The van der Waals surface area contributed by atoms with Crippen molar-refractivity contribution in [3.05, 3.63) is 28.8 Å². The zero-order valence-corrected chi connectivity index (χ0v) is 6.80. The van der Waals surface area contributed by atoms with Crippen molar-refractivity contribution in [3.63, 3.8) is 0 Å². The summed E-state index contributed by atoms with van der Waals surface area (Å²) in [5.41, 5.74) is 7.17. The largest absolute Gasteiger partial charge is 0.326 e. The third kappa shape index (κ3) is 1.79. The first-order chi connectivity index (χ1) is 5.27. The van der Waals surface area contributed by atoms with E-state index in [2.05, 4.69) is 11.7 Å². The fourth-order valence-electron chi connectivity index (χ4n) is 0.857. The van der Waals surface area contributed by atoms with Crippen LogP contribution in [0.15, 0.2) is 23.2 Å². The van der Waals surface area contributed by atoms with E-state index in [1.807, 2.05) is 6.07 Å². The molecule has 0 atom stereocenters. The molecule has 0 spiro atoms. The highest BCUT2D eigenvalue weighted by atomic mass is 35.5. The molecule has 0 aliphatic rings. The van der Waals surface area contributed by atoms with Crippen molar-refractivity contribution in [2.75, 3.05) is 0 Å². The Labute approximate surface area is 70.7 Å². The quantitative estimate of drug-likeness (QED) is 0.676. The van der Waals surface area contributed by atoms with E-state index in [-0.39, 0.29) is 0 Å². The van der Waals surface area contributed by atoms with E-state index in [0.29, 0.717) is 11.6 Å². The second-order valence-electron chi connectivity index (χ2n) is 2.14. The Morgan fingerprint density at radius 1 is 1.55 bits per heavy atom. The number of nitrogens with zero attached hydrogens (tertiary/aromatic N) is 1. The highest BCUT2D eigenvalue weighted by Gasteiger charge is 1.97.